The van der Waals surface area contributed by atoms with Gasteiger partial charge in [-0.05, 0) is 31.9 Å². The van der Waals surface area contributed by atoms with Crippen molar-refractivity contribution in [1.29, 1.82) is 0 Å². The first-order chi connectivity index (χ1) is 11.0. The number of aliphatic hydroxyl groups is 1. The number of piperidine rings is 1. The number of amides is 1. The van der Waals surface area contributed by atoms with Gasteiger partial charge < -0.3 is 15.3 Å². The summed E-state index contributed by atoms with van der Waals surface area (Å²) < 4.78 is 13.7. The Kier molecular flexibility index (Phi) is 6.00. The number of likely N-dealkylation sites (tertiary alicyclic amines) is 1. The summed E-state index contributed by atoms with van der Waals surface area (Å²) in [5.74, 6) is -1.48. The number of rotatable bonds is 6. The van der Waals surface area contributed by atoms with Gasteiger partial charge in [0, 0.05) is 25.7 Å². The van der Waals surface area contributed by atoms with Gasteiger partial charge in [-0.1, -0.05) is 0 Å². The Morgan fingerprint density at radius 1 is 1.43 bits per heavy atom. The Morgan fingerprint density at radius 3 is 2.74 bits per heavy atom. The van der Waals surface area contributed by atoms with Crippen LogP contribution in [0.4, 0.5) is 10.1 Å². The number of nitrogens with one attached hydrogen (secondary N) is 1. The average Bonchev–Trinajstić information content (AvgIpc) is 2.52. The predicted molar refractivity (Wildman–Crippen MR) is 81.7 cm³/mol. The number of nitro groups is 1. The van der Waals surface area contributed by atoms with E-state index in [0.29, 0.717) is 6.54 Å². The third kappa shape index (κ3) is 4.97. The SMILES string of the molecule is O=C(NCCCN1CCC(O)CC1)c1ccc([N+](=O)[O-])cc1F. The molecule has 23 heavy (non-hydrogen) atoms. The number of halogens is 1. The molecular weight excluding hydrogens is 305 g/mol. The van der Waals surface area contributed by atoms with Gasteiger partial charge in [-0.15, -0.1) is 0 Å². The average molecular weight is 325 g/mol. The summed E-state index contributed by atoms with van der Waals surface area (Å²) in [5.41, 5.74) is -0.581. The van der Waals surface area contributed by atoms with Crippen molar-refractivity contribution in [1.82, 2.24) is 10.2 Å². The fourth-order valence-corrected chi connectivity index (χ4v) is 2.54. The molecule has 1 amide bonds. The van der Waals surface area contributed by atoms with E-state index in [-0.39, 0.29) is 17.4 Å². The topological polar surface area (TPSA) is 95.7 Å². The molecule has 7 nitrogen and oxygen atoms in total. The molecule has 2 N–H and O–H groups in total. The molecule has 0 aromatic heterocycles. The summed E-state index contributed by atoms with van der Waals surface area (Å²) in [6.45, 7) is 2.88. The zero-order valence-corrected chi connectivity index (χ0v) is 12.7. The van der Waals surface area contributed by atoms with E-state index in [9.17, 15) is 24.4 Å². The zero-order valence-electron chi connectivity index (χ0n) is 12.7. The molecule has 0 unspecified atom stereocenters. The summed E-state index contributed by atoms with van der Waals surface area (Å²) >= 11 is 0. The molecule has 0 bridgehead atoms. The molecule has 1 aromatic rings. The third-order valence-electron chi connectivity index (χ3n) is 3.90. The number of hydrogen-bond acceptors (Lipinski definition) is 5. The van der Waals surface area contributed by atoms with Gasteiger partial charge in [0.1, 0.15) is 5.82 Å². The van der Waals surface area contributed by atoms with Gasteiger partial charge in [-0.3, -0.25) is 14.9 Å². The van der Waals surface area contributed by atoms with E-state index < -0.39 is 16.6 Å². The standard InChI is InChI=1S/C15H20FN3O4/c16-14-10-11(19(22)23)2-3-13(14)15(21)17-6-1-7-18-8-4-12(20)5-9-18/h2-3,10,12,20H,1,4-9H2,(H,17,21). The van der Waals surface area contributed by atoms with Gasteiger partial charge in [-0.25, -0.2) is 4.39 Å². The smallest absolute Gasteiger partial charge is 0.272 e. The molecule has 0 atom stereocenters. The molecule has 1 aromatic carbocycles. The van der Waals surface area contributed by atoms with Crippen molar-refractivity contribution < 1.29 is 19.2 Å². The molecule has 0 spiro atoms. The van der Waals surface area contributed by atoms with Gasteiger partial charge in [-0.2, -0.15) is 0 Å². The van der Waals surface area contributed by atoms with Crippen LogP contribution in [0.5, 0.6) is 0 Å². The number of benzene rings is 1. The summed E-state index contributed by atoms with van der Waals surface area (Å²) in [7, 11) is 0. The molecule has 0 saturated carbocycles. The molecule has 2 rings (SSSR count). The van der Waals surface area contributed by atoms with E-state index in [1.54, 1.807) is 0 Å². The largest absolute Gasteiger partial charge is 0.393 e. The molecule has 1 saturated heterocycles. The van der Waals surface area contributed by atoms with Crippen molar-refractivity contribution in [3.05, 3.63) is 39.7 Å². The number of aliphatic hydroxyl groups excluding tert-OH is 1. The molecular formula is C15H20FN3O4. The fraction of sp³-hybridized carbons (Fsp3) is 0.533. The van der Waals surface area contributed by atoms with Crippen molar-refractivity contribution in [3.63, 3.8) is 0 Å². The lowest BCUT2D eigenvalue weighted by molar-refractivity contribution is -0.385. The molecule has 1 aliphatic heterocycles. The first kappa shape index (κ1) is 17.3. The number of nitrogens with zero attached hydrogens (tertiary/aromatic N) is 2. The Balaban J connectivity index is 1.75. The molecule has 8 heteroatoms. The zero-order chi connectivity index (χ0) is 16.8. The van der Waals surface area contributed by atoms with Gasteiger partial charge in [0.2, 0.25) is 0 Å². The number of non-ortho nitro benzene ring substituents is 1. The van der Waals surface area contributed by atoms with Crippen molar-refractivity contribution >= 4 is 11.6 Å². The fourth-order valence-electron chi connectivity index (χ4n) is 2.54. The van der Waals surface area contributed by atoms with Gasteiger partial charge in [0.15, 0.2) is 0 Å². The second kappa shape index (κ2) is 7.98. The molecule has 1 aliphatic rings. The maximum absolute atomic E-state index is 13.7. The van der Waals surface area contributed by atoms with E-state index in [0.717, 1.165) is 57.1 Å². The van der Waals surface area contributed by atoms with Crippen LogP contribution in [0.25, 0.3) is 0 Å². The highest BCUT2D eigenvalue weighted by Crippen LogP contribution is 2.16. The lowest BCUT2D eigenvalue weighted by Gasteiger charge is -2.29. The minimum absolute atomic E-state index is 0.198. The van der Waals surface area contributed by atoms with Crippen LogP contribution in [0.15, 0.2) is 18.2 Å². The van der Waals surface area contributed by atoms with Crippen LogP contribution in [-0.4, -0.2) is 53.1 Å². The highest BCUT2D eigenvalue weighted by molar-refractivity contribution is 5.94. The predicted octanol–water partition coefficient (Wildman–Crippen LogP) is 1.31. The van der Waals surface area contributed by atoms with Crippen LogP contribution in [-0.2, 0) is 0 Å². The van der Waals surface area contributed by atoms with Gasteiger partial charge in [0.05, 0.1) is 22.7 Å². The maximum Gasteiger partial charge on any atom is 0.272 e. The van der Waals surface area contributed by atoms with E-state index in [4.69, 9.17) is 0 Å². The lowest BCUT2D eigenvalue weighted by atomic mass is 10.1. The van der Waals surface area contributed by atoms with Crippen LogP contribution in [0.3, 0.4) is 0 Å². The molecule has 126 valence electrons. The lowest BCUT2D eigenvalue weighted by Crippen LogP contribution is -2.37. The van der Waals surface area contributed by atoms with Gasteiger partial charge >= 0.3 is 0 Å². The monoisotopic (exact) mass is 325 g/mol. The molecule has 1 fully saturated rings. The third-order valence-corrected chi connectivity index (χ3v) is 3.90. The highest BCUT2D eigenvalue weighted by atomic mass is 19.1. The first-order valence-electron chi connectivity index (χ1n) is 7.60. The number of hydrogen-bond donors (Lipinski definition) is 2. The van der Waals surface area contributed by atoms with E-state index in [1.165, 1.54) is 0 Å². The van der Waals surface area contributed by atoms with Crippen molar-refractivity contribution in [3.8, 4) is 0 Å². The number of carbonyl (C=O) groups excluding carboxylic acids is 1. The Hall–Kier alpha value is -2.06. The van der Waals surface area contributed by atoms with E-state index >= 15 is 0 Å². The van der Waals surface area contributed by atoms with Crippen molar-refractivity contribution in [2.24, 2.45) is 0 Å². The normalized spacial score (nSPS) is 16.3. The molecule has 1 heterocycles. The van der Waals surface area contributed by atoms with Crippen LogP contribution in [0.1, 0.15) is 29.6 Å². The number of nitro benzene ring substituents is 1. The Labute approximate surface area is 133 Å². The summed E-state index contributed by atoms with van der Waals surface area (Å²) in [5, 5.41) is 22.6. The van der Waals surface area contributed by atoms with Crippen LogP contribution < -0.4 is 5.32 Å². The maximum atomic E-state index is 13.7. The van der Waals surface area contributed by atoms with Crippen molar-refractivity contribution in [2.75, 3.05) is 26.2 Å². The van der Waals surface area contributed by atoms with E-state index in [1.807, 2.05) is 0 Å². The second-order valence-electron chi connectivity index (χ2n) is 5.60. The Bertz CT molecular complexity index is 574. The molecule has 0 radical (unpaired) electrons. The Morgan fingerprint density at radius 2 is 2.13 bits per heavy atom. The summed E-state index contributed by atoms with van der Waals surface area (Å²) in [6.07, 6.45) is 2.04. The van der Waals surface area contributed by atoms with Crippen LogP contribution in [0, 0.1) is 15.9 Å². The van der Waals surface area contributed by atoms with E-state index in [2.05, 4.69) is 10.2 Å². The van der Waals surface area contributed by atoms with Crippen molar-refractivity contribution in [2.45, 2.75) is 25.4 Å². The van der Waals surface area contributed by atoms with Gasteiger partial charge in [0.25, 0.3) is 11.6 Å². The van der Waals surface area contributed by atoms with Crippen LogP contribution >= 0.6 is 0 Å². The minimum Gasteiger partial charge on any atom is -0.393 e. The molecule has 0 aliphatic carbocycles. The number of carbonyl (C=O) groups is 1. The minimum atomic E-state index is -0.901. The quantitative estimate of drug-likeness (QED) is 0.467. The second-order valence-corrected chi connectivity index (χ2v) is 5.60. The summed E-state index contributed by atoms with van der Waals surface area (Å²) in [4.78, 5) is 23.9. The first-order valence-corrected chi connectivity index (χ1v) is 7.60. The highest BCUT2D eigenvalue weighted by Gasteiger charge is 2.17. The summed E-state index contributed by atoms with van der Waals surface area (Å²) in [6, 6.07) is 2.97. The van der Waals surface area contributed by atoms with Crippen LogP contribution in [0.2, 0.25) is 0 Å².